The lowest BCUT2D eigenvalue weighted by Crippen LogP contribution is -2.33. The fourth-order valence-electron chi connectivity index (χ4n) is 2.70. The SMILES string of the molecule is CCN(Cc1nc2cc(OC)c(OC)cc2c(=O)[nH]1)C(=O)C1CC1. The van der Waals surface area contributed by atoms with Crippen LogP contribution >= 0.6 is 0 Å². The van der Waals surface area contributed by atoms with Gasteiger partial charge in [0.05, 0.1) is 31.7 Å². The van der Waals surface area contributed by atoms with Crippen LogP contribution in [-0.4, -0.2) is 41.5 Å². The number of aromatic amines is 1. The van der Waals surface area contributed by atoms with Gasteiger partial charge in [0.25, 0.3) is 5.56 Å². The summed E-state index contributed by atoms with van der Waals surface area (Å²) in [6.45, 7) is 2.81. The van der Waals surface area contributed by atoms with Crippen molar-refractivity contribution in [1.82, 2.24) is 14.9 Å². The van der Waals surface area contributed by atoms with Crippen molar-refractivity contribution in [3.05, 3.63) is 28.3 Å². The molecule has 7 nitrogen and oxygen atoms in total. The molecule has 1 saturated carbocycles. The number of methoxy groups -OCH3 is 2. The Labute approximate surface area is 139 Å². The lowest BCUT2D eigenvalue weighted by molar-refractivity contribution is -0.133. The van der Waals surface area contributed by atoms with Crippen LogP contribution in [0.5, 0.6) is 11.5 Å². The van der Waals surface area contributed by atoms with Gasteiger partial charge in [0, 0.05) is 18.5 Å². The topological polar surface area (TPSA) is 84.5 Å². The molecular weight excluding hydrogens is 310 g/mol. The van der Waals surface area contributed by atoms with Gasteiger partial charge in [0.1, 0.15) is 5.82 Å². The van der Waals surface area contributed by atoms with Crippen molar-refractivity contribution in [2.24, 2.45) is 5.92 Å². The first-order valence-electron chi connectivity index (χ1n) is 8.01. The van der Waals surface area contributed by atoms with Crippen LogP contribution in [0, 0.1) is 5.92 Å². The van der Waals surface area contributed by atoms with E-state index in [0.717, 1.165) is 12.8 Å². The summed E-state index contributed by atoms with van der Waals surface area (Å²) in [6, 6.07) is 3.28. The molecule has 0 spiro atoms. The number of ether oxygens (including phenoxy) is 2. The number of amides is 1. The first-order valence-corrected chi connectivity index (χ1v) is 8.01. The Morgan fingerprint density at radius 2 is 1.96 bits per heavy atom. The summed E-state index contributed by atoms with van der Waals surface area (Å²) in [5, 5.41) is 0.424. The van der Waals surface area contributed by atoms with E-state index < -0.39 is 0 Å². The third-order valence-electron chi connectivity index (χ3n) is 4.22. The smallest absolute Gasteiger partial charge is 0.258 e. The maximum Gasteiger partial charge on any atom is 0.258 e. The third-order valence-corrected chi connectivity index (χ3v) is 4.22. The standard InChI is InChI=1S/C17H21N3O4/c1-4-20(17(22)10-5-6-10)9-15-18-12-8-14(24-3)13(23-2)7-11(12)16(21)19-15/h7-8,10H,4-6,9H2,1-3H3,(H,18,19,21). The minimum atomic E-state index is -0.258. The van der Waals surface area contributed by atoms with Crippen LogP contribution in [0.25, 0.3) is 10.9 Å². The minimum Gasteiger partial charge on any atom is -0.493 e. The van der Waals surface area contributed by atoms with Gasteiger partial charge in [-0.2, -0.15) is 0 Å². The lowest BCUT2D eigenvalue weighted by atomic mass is 10.2. The Morgan fingerprint density at radius 3 is 2.54 bits per heavy atom. The molecule has 1 fully saturated rings. The first-order chi connectivity index (χ1) is 11.6. The van der Waals surface area contributed by atoms with Crippen molar-refractivity contribution in [1.29, 1.82) is 0 Å². The number of hydrogen-bond donors (Lipinski definition) is 1. The second kappa shape index (κ2) is 6.51. The van der Waals surface area contributed by atoms with Crippen LogP contribution in [0.4, 0.5) is 0 Å². The molecule has 1 N–H and O–H groups in total. The first kappa shape index (κ1) is 16.3. The van der Waals surface area contributed by atoms with Gasteiger partial charge in [-0.1, -0.05) is 0 Å². The van der Waals surface area contributed by atoms with Gasteiger partial charge >= 0.3 is 0 Å². The zero-order chi connectivity index (χ0) is 17.3. The van der Waals surface area contributed by atoms with E-state index in [4.69, 9.17) is 9.47 Å². The predicted molar refractivity (Wildman–Crippen MR) is 89.3 cm³/mol. The molecule has 128 valence electrons. The van der Waals surface area contributed by atoms with Crippen molar-refractivity contribution < 1.29 is 14.3 Å². The van der Waals surface area contributed by atoms with Crippen molar-refractivity contribution in [2.75, 3.05) is 20.8 Å². The van der Waals surface area contributed by atoms with Crippen LogP contribution in [0.15, 0.2) is 16.9 Å². The minimum absolute atomic E-state index is 0.132. The fraction of sp³-hybridized carbons (Fsp3) is 0.471. The summed E-state index contributed by atoms with van der Waals surface area (Å²) < 4.78 is 10.5. The maximum atomic E-state index is 12.4. The van der Waals surface area contributed by atoms with Crippen LogP contribution < -0.4 is 15.0 Å². The highest BCUT2D eigenvalue weighted by molar-refractivity contribution is 5.82. The summed E-state index contributed by atoms with van der Waals surface area (Å²) in [7, 11) is 3.05. The molecule has 1 aliphatic rings. The number of nitrogens with one attached hydrogen (secondary N) is 1. The number of aromatic nitrogens is 2. The summed E-state index contributed by atoms with van der Waals surface area (Å²) >= 11 is 0. The molecule has 2 aromatic rings. The second-order valence-corrected chi connectivity index (χ2v) is 5.86. The van der Waals surface area contributed by atoms with Crippen molar-refractivity contribution >= 4 is 16.8 Å². The van der Waals surface area contributed by atoms with E-state index in [9.17, 15) is 9.59 Å². The molecule has 1 heterocycles. The number of carbonyl (C=O) groups is 1. The zero-order valence-electron chi connectivity index (χ0n) is 14.1. The molecule has 1 aromatic carbocycles. The normalized spacial score (nSPS) is 13.8. The average molecular weight is 331 g/mol. The Balaban J connectivity index is 1.97. The van der Waals surface area contributed by atoms with E-state index in [-0.39, 0.29) is 17.4 Å². The van der Waals surface area contributed by atoms with Gasteiger partial charge in [-0.05, 0) is 25.8 Å². The average Bonchev–Trinajstić information content (AvgIpc) is 3.43. The van der Waals surface area contributed by atoms with Gasteiger partial charge in [-0.25, -0.2) is 4.98 Å². The van der Waals surface area contributed by atoms with E-state index in [2.05, 4.69) is 9.97 Å². The largest absolute Gasteiger partial charge is 0.493 e. The predicted octanol–water partition coefficient (Wildman–Crippen LogP) is 1.70. The quantitative estimate of drug-likeness (QED) is 0.871. The molecule has 0 saturated heterocycles. The number of rotatable bonds is 6. The van der Waals surface area contributed by atoms with E-state index in [1.165, 1.54) is 14.2 Å². The number of benzene rings is 1. The summed E-state index contributed by atoms with van der Waals surface area (Å²) in [5.74, 6) is 1.73. The number of hydrogen-bond acceptors (Lipinski definition) is 5. The van der Waals surface area contributed by atoms with Crippen LogP contribution in [0.2, 0.25) is 0 Å². The van der Waals surface area contributed by atoms with Gasteiger partial charge in [0.15, 0.2) is 11.5 Å². The molecule has 0 atom stereocenters. The van der Waals surface area contributed by atoms with E-state index >= 15 is 0 Å². The Morgan fingerprint density at radius 1 is 1.29 bits per heavy atom. The molecule has 0 unspecified atom stereocenters. The molecule has 1 aliphatic carbocycles. The molecule has 3 rings (SSSR count). The molecule has 0 bridgehead atoms. The van der Waals surface area contributed by atoms with Crippen LogP contribution in [0.3, 0.4) is 0 Å². The van der Waals surface area contributed by atoms with E-state index in [0.29, 0.717) is 41.3 Å². The van der Waals surface area contributed by atoms with Gasteiger partial charge in [0.2, 0.25) is 5.91 Å². The summed E-state index contributed by atoms with van der Waals surface area (Å²) in [4.78, 5) is 33.6. The van der Waals surface area contributed by atoms with Gasteiger partial charge in [-0.15, -0.1) is 0 Å². The highest BCUT2D eigenvalue weighted by Crippen LogP contribution is 2.32. The molecule has 1 aromatic heterocycles. The second-order valence-electron chi connectivity index (χ2n) is 5.86. The monoisotopic (exact) mass is 331 g/mol. The maximum absolute atomic E-state index is 12.4. The molecule has 1 amide bonds. The number of carbonyl (C=O) groups excluding carboxylic acids is 1. The highest BCUT2D eigenvalue weighted by atomic mass is 16.5. The number of fused-ring (bicyclic) bond motifs is 1. The van der Waals surface area contributed by atoms with Gasteiger partial charge < -0.3 is 19.4 Å². The highest BCUT2D eigenvalue weighted by Gasteiger charge is 2.33. The van der Waals surface area contributed by atoms with E-state index in [1.54, 1.807) is 17.0 Å². The summed E-state index contributed by atoms with van der Waals surface area (Å²) in [5.41, 5.74) is 0.257. The van der Waals surface area contributed by atoms with Gasteiger partial charge in [-0.3, -0.25) is 9.59 Å². The van der Waals surface area contributed by atoms with Crippen LogP contribution in [-0.2, 0) is 11.3 Å². The number of nitrogens with zero attached hydrogens (tertiary/aromatic N) is 2. The summed E-state index contributed by atoms with van der Waals surface area (Å²) in [6.07, 6.45) is 1.90. The fourth-order valence-corrected chi connectivity index (χ4v) is 2.70. The van der Waals surface area contributed by atoms with Crippen molar-refractivity contribution in [3.8, 4) is 11.5 Å². The molecule has 24 heavy (non-hydrogen) atoms. The van der Waals surface area contributed by atoms with Crippen molar-refractivity contribution in [3.63, 3.8) is 0 Å². The number of H-pyrrole nitrogens is 1. The molecule has 0 aliphatic heterocycles. The molecule has 0 radical (unpaired) electrons. The Bertz CT molecular complexity index is 826. The zero-order valence-corrected chi connectivity index (χ0v) is 14.1. The molecular formula is C17H21N3O4. The van der Waals surface area contributed by atoms with Crippen LogP contribution in [0.1, 0.15) is 25.6 Å². The molecule has 7 heteroatoms. The Hall–Kier alpha value is -2.57. The Kier molecular flexibility index (Phi) is 4.42. The third kappa shape index (κ3) is 3.06. The van der Waals surface area contributed by atoms with Crippen molar-refractivity contribution in [2.45, 2.75) is 26.3 Å². The lowest BCUT2D eigenvalue weighted by Gasteiger charge is -2.20. The van der Waals surface area contributed by atoms with E-state index in [1.807, 2.05) is 6.92 Å².